The standard InChI is InChI=1S/C18H13Cl3FN3O/c1-10-7-16(23-18(26)13-3-2-4-14(19)17(13)21)24-25(10)9-11-5-6-12(22)8-15(11)20/h2-8H,9H2,1H3,(H,23,24,26). The summed E-state index contributed by atoms with van der Waals surface area (Å²) in [6, 6.07) is 10.7. The van der Waals surface area contributed by atoms with E-state index in [1.54, 1.807) is 35.0 Å². The second-order valence-electron chi connectivity index (χ2n) is 5.62. The van der Waals surface area contributed by atoms with E-state index >= 15 is 0 Å². The zero-order valence-corrected chi connectivity index (χ0v) is 15.8. The van der Waals surface area contributed by atoms with Crippen LogP contribution in [0.4, 0.5) is 10.2 Å². The molecule has 8 heteroatoms. The summed E-state index contributed by atoms with van der Waals surface area (Å²) in [6.07, 6.45) is 0. The highest BCUT2D eigenvalue weighted by Gasteiger charge is 2.15. The number of anilines is 1. The minimum Gasteiger partial charge on any atom is -0.305 e. The van der Waals surface area contributed by atoms with E-state index in [-0.39, 0.29) is 10.6 Å². The molecule has 0 aliphatic rings. The third-order valence-electron chi connectivity index (χ3n) is 3.75. The van der Waals surface area contributed by atoms with Crippen molar-refractivity contribution in [1.29, 1.82) is 0 Å². The van der Waals surface area contributed by atoms with E-state index in [2.05, 4.69) is 10.4 Å². The zero-order valence-electron chi connectivity index (χ0n) is 13.6. The summed E-state index contributed by atoms with van der Waals surface area (Å²) in [6.45, 7) is 2.19. The van der Waals surface area contributed by atoms with Gasteiger partial charge in [-0.1, -0.05) is 46.9 Å². The number of hydrogen-bond acceptors (Lipinski definition) is 2. The Bertz CT molecular complexity index is 988. The first kappa shape index (κ1) is 18.7. The van der Waals surface area contributed by atoms with Crippen LogP contribution in [0.2, 0.25) is 15.1 Å². The smallest absolute Gasteiger partial charge is 0.258 e. The summed E-state index contributed by atoms with van der Waals surface area (Å²) < 4.78 is 14.8. The Hall–Kier alpha value is -2.08. The SMILES string of the molecule is Cc1cc(NC(=O)c2cccc(Cl)c2Cl)nn1Cc1ccc(F)cc1Cl. The highest BCUT2D eigenvalue weighted by molar-refractivity contribution is 6.44. The van der Waals surface area contributed by atoms with Gasteiger partial charge in [-0.05, 0) is 36.8 Å². The fourth-order valence-corrected chi connectivity index (χ4v) is 3.02. The molecular formula is C18H13Cl3FN3O. The number of nitrogens with one attached hydrogen (secondary N) is 1. The average molecular weight is 413 g/mol. The van der Waals surface area contributed by atoms with Crippen LogP contribution >= 0.6 is 34.8 Å². The van der Waals surface area contributed by atoms with E-state index in [1.807, 2.05) is 6.92 Å². The molecule has 0 saturated carbocycles. The maximum Gasteiger partial charge on any atom is 0.258 e. The predicted molar refractivity (Wildman–Crippen MR) is 102 cm³/mol. The lowest BCUT2D eigenvalue weighted by molar-refractivity contribution is 0.102. The van der Waals surface area contributed by atoms with Crippen molar-refractivity contribution in [2.75, 3.05) is 5.32 Å². The molecule has 4 nitrogen and oxygen atoms in total. The maximum absolute atomic E-state index is 13.2. The molecule has 0 unspecified atom stereocenters. The number of benzene rings is 2. The average Bonchev–Trinajstić information content (AvgIpc) is 2.92. The quantitative estimate of drug-likeness (QED) is 0.607. The van der Waals surface area contributed by atoms with Gasteiger partial charge in [0.25, 0.3) is 5.91 Å². The molecule has 3 aromatic rings. The van der Waals surface area contributed by atoms with Crippen LogP contribution in [-0.4, -0.2) is 15.7 Å². The van der Waals surface area contributed by atoms with E-state index in [1.165, 1.54) is 12.1 Å². The second kappa shape index (κ2) is 7.66. The van der Waals surface area contributed by atoms with Crippen molar-refractivity contribution < 1.29 is 9.18 Å². The van der Waals surface area contributed by atoms with Crippen molar-refractivity contribution in [1.82, 2.24) is 9.78 Å². The number of amides is 1. The Morgan fingerprint density at radius 3 is 2.65 bits per heavy atom. The summed E-state index contributed by atoms with van der Waals surface area (Å²) in [7, 11) is 0. The number of aromatic nitrogens is 2. The molecule has 1 aromatic heterocycles. The van der Waals surface area contributed by atoms with Gasteiger partial charge in [-0.2, -0.15) is 5.10 Å². The van der Waals surface area contributed by atoms with E-state index in [4.69, 9.17) is 34.8 Å². The molecule has 3 rings (SSSR count). The van der Waals surface area contributed by atoms with Crippen molar-refractivity contribution in [2.45, 2.75) is 13.5 Å². The largest absolute Gasteiger partial charge is 0.305 e. The number of carbonyl (C=O) groups excluding carboxylic acids is 1. The van der Waals surface area contributed by atoms with Crippen molar-refractivity contribution >= 4 is 46.5 Å². The summed E-state index contributed by atoms with van der Waals surface area (Å²) in [5.74, 6) is -0.453. The molecule has 0 atom stereocenters. The summed E-state index contributed by atoms with van der Waals surface area (Å²) >= 11 is 18.1. The lowest BCUT2D eigenvalue weighted by Gasteiger charge is -2.07. The van der Waals surface area contributed by atoms with Gasteiger partial charge in [0.05, 0.1) is 22.2 Å². The molecule has 1 heterocycles. The molecule has 2 aromatic carbocycles. The third-order valence-corrected chi connectivity index (χ3v) is 4.92. The molecule has 134 valence electrons. The first-order chi connectivity index (χ1) is 12.3. The Labute approximate surface area is 164 Å². The molecule has 0 spiro atoms. The summed E-state index contributed by atoms with van der Waals surface area (Å²) in [5.41, 5.74) is 1.78. The molecule has 0 aliphatic carbocycles. The van der Waals surface area contributed by atoms with Crippen LogP contribution < -0.4 is 5.32 Å². The van der Waals surface area contributed by atoms with Gasteiger partial charge >= 0.3 is 0 Å². The first-order valence-corrected chi connectivity index (χ1v) is 8.72. The van der Waals surface area contributed by atoms with Gasteiger partial charge in [0.1, 0.15) is 5.82 Å². The van der Waals surface area contributed by atoms with Gasteiger partial charge in [0.2, 0.25) is 0 Å². The molecule has 0 saturated heterocycles. The normalized spacial score (nSPS) is 10.8. The number of carbonyl (C=O) groups is 1. The Morgan fingerprint density at radius 1 is 1.15 bits per heavy atom. The topological polar surface area (TPSA) is 46.9 Å². The van der Waals surface area contributed by atoms with Gasteiger partial charge in [-0.25, -0.2) is 4.39 Å². The van der Waals surface area contributed by atoms with Gasteiger partial charge in [0, 0.05) is 16.8 Å². The Balaban J connectivity index is 1.79. The number of rotatable bonds is 4. The lowest BCUT2D eigenvalue weighted by Crippen LogP contribution is -2.13. The van der Waals surface area contributed by atoms with E-state index < -0.39 is 11.7 Å². The molecule has 1 N–H and O–H groups in total. The van der Waals surface area contributed by atoms with Gasteiger partial charge in [-0.3, -0.25) is 9.48 Å². The van der Waals surface area contributed by atoms with Crippen molar-refractivity contribution in [3.05, 3.63) is 80.2 Å². The van der Waals surface area contributed by atoms with Crippen LogP contribution in [0.15, 0.2) is 42.5 Å². The predicted octanol–water partition coefficient (Wildman–Crippen LogP) is 5.59. The molecule has 0 aliphatic heterocycles. The minimum atomic E-state index is -0.415. The van der Waals surface area contributed by atoms with Crippen molar-refractivity contribution in [3.63, 3.8) is 0 Å². The van der Waals surface area contributed by atoms with Crippen molar-refractivity contribution in [3.8, 4) is 0 Å². The molecule has 26 heavy (non-hydrogen) atoms. The highest BCUT2D eigenvalue weighted by Crippen LogP contribution is 2.26. The third kappa shape index (κ3) is 4.01. The fraction of sp³-hybridized carbons (Fsp3) is 0.111. The molecule has 0 radical (unpaired) electrons. The number of halogens is 4. The molecule has 0 fully saturated rings. The minimum absolute atomic E-state index is 0.181. The Morgan fingerprint density at radius 2 is 1.92 bits per heavy atom. The van der Waals surface area contributed by atoms with Crippen LogP contribution in [0, 0.1) is 12.7 Å². The van der Waals surface area contributed by atoms with E-state index in [9.17, 15) is 9.18 Å². The number of nitrogens with zero attached hydrogens (tertiary/aromatic N) is 2. The monoisotopic (exact) mass is 411 g/mol. The summed E-state index contributed by atoms with van der Waals surface area (Å²) in [4.78, 5) is 12.4. The van der Waals surface area contributed by atoms with Crippen molar-refractivity contribution in [2.24, 2.45) is 0 Å². The van der Waals surface area contributed by atoms with Gasteiger partial charge in [-0.15, -0.1) is 0 Å². The number of hydrogen-bond donors (Lipinski definition) is 1. The van der Waals surface area contributed by atoms with Crippen LogP contribution in [0.5, 0.6) is 0 Å². The summed E-state index contributed by atoms with van der Waals surface area (Å²) in [5, 5.41) is 7.83. The van der Waals surface area contributed by atoms with Gasteiger partial charge in [0.15, 0.2) is 5.82 Å². The Kier molecular flexibility index (Phi) is 5.51. The van der Waals surface area contributed by atoms with Gasteiger partial charge < -0.3 is 5.32 Å². The maximum atomic E-state index is 13.2. The molecule has 0 bridgehead atoms. The van der Waals surface area contributed by atoms with Crippen LogP contribution in [0.25, 0.3) is 0 Å². The second-order valence-corrected chi connectivity index (χ2v) is 6.81. The van der Waals surface area contributed by atoms with Crippen LogP contribution in [0.3, 0.4) is 0 Å². The van der Waals surface area contributed by atoms with E-state index in [0.29, 0.717) is 22.4 Å². The van der Waals surface area contributed by atoms with E-state index in [0.717, 1.165) is 11.3 Å². The highest BCUT2D eigenvalue weighted by atomic mass is 35.5. The number of aryl methyl sites for hydroxylation is 1. The first-order valence-electron chi connectivity index (χ1n) is 7.59. The zero-order chi connectivity index (χ0) is 18.8. The lowest BCUT2D eigenvalue weighted by atomic mass is 10.2. The van der Waals surface area contributed by atoms with Crippen LogP contribution in [0.1, 0.15) is 21.6 Å². The molecule has 1 amide bonds. The molecular weight excluding hydrogens is 400 g/mol. The fourth-order valence-electron chi connectivity index (χ4n) is 2.41. The van der Waals surface area contributed by atoms with Crippen LogP contribution in [-0.2, 0) is 6.54 Å².